The molecule has 0 unspecified atom stereocenters. The molecule has 0 spiro atoms. The maximum Gasteiger partial charge on any atom is 0.219 e. The smallest absolute Gasteiger partial charge is 0.219 e. The Balaban J connectivity index is 3.47. The van der Waals surface area contributed by atoms with E-state index < -0.39 is 16.0 Å². The van der Waals surface area contributed by atoms with Gasteiger partial charge in [-0.25, -0.2) is 8.42 Å². The summed E-state index contributed by atoms with van der Waals surface area (Å²) in [4.78, 5) is 11.8. The second kappa shape index (κ2) is 15.3. The summed E-state index contributed by atoms with van der Waals surface area (Å²) in [6, 6.07) is 0. The van der Waals surface area contributed by atoms with E-state index >= 15 is 0 Å². The van der Waals surface area contributed by atoms with Crippen LogP contribution in [-0.2, 0) is 14.9 Å². The summed E-state index contributed by atoms with van der Waals surface area (Å²) >= 11 is 0. The fraction of sp³-hybridized carbons (Fsp3) is 0.950. The Hall–Kier alpha value is -0.660. The third-order valence-electron chi connectivity index (χ3n) is 4.78. The molecule has 27 heavy (non-hydrogen) atoms. The van der Waals surface area contributed by atoms with Crippen LogP contribution in [0.5, 0.6) is 0 Å². The van der Waals surface area contributed by atoms with Crippen molar-refractivity contribution in [3.63, 3.8) is 0 Å². The van der Waals surface area contributed by atoms with Gasteiger partial charge in [-0.3, -0.25) is 4.79 Å². The minimum Gasteiger partial charge on any atom is -0.744 e. The molecule has 0 aromatic rings. The highest BCUT2D eigenvalue weighted by Gasteiger charge is 2.18. The maximum absolute atomic E-state index is 11.8. The standard InChI is InChI=1S/C20H42N2O4S/c1-4-5-6-7-8-9-10-11-12-13-14-16-20(23)21-17-15-18-22(2,3)19-27(24,25)26/h4-19H2,1-3H3,(H-,21,23,24,25,26). The van der Waals surface area contributed by atoms with Crippen molar-refractivity contribution in [3.8, 4) is 0 Å². The predicted molar refractivity (Wildman–Crippen MR) is 110 cm³/mol. The number of nitrogens with zero attached hydrogens (tertiary/aromatic N) is 1. The van der Waals surface area contributed by atoms with Gasteiger partial charge in [0.25, 0.3) is 0 Å². The molecule has 0 radical (unpaired) electrons. The molecule has 0 aliphatic heterocycles. The molecule has 0 heterocycles. The molecule has 0 aliphatic carbocycles. The molecule has 0 aromatic carbocycles. The summed E-state index contributed by atoms with van der Waals surface area (Å²) < 4.78 is 32.6. The lowest BCUT2D eigenvalue weighted by molar-refractivity contribution is -0.878. The van der Waals surface area contributed by atoms with E-state index in [1.165, 1.54) is 57.8 Å². The number of hydrogen-bond acceptors (Lipinski definition) is 4. The lowest BCUT2D eigenvalue weighted by Crippen LogP contribution is -2.45. The van der Waals surface area contributed by atoms with Crippen molar-refractivity contribution in [2.45, 2.75) is 90.4 Å². The van der Waals surface area contributed by atoms with E-state index in [-0.39, 0.29) is 10.4 Å². The quantitative estimate of drug-likeness (QED) is 0.213. The van der Waals surface area contributed by atoms with Crippen molar-refractivity contribution in [1.29, 1.82) is 0 Å². The van der Waals surface area contributed by atoms with Crippen LogP contribution < -0.4 is 5.32 Å². The van der Waals surface area contributed by atoms with Crippen molar-refractivity contribution >= 4 is 16.0 Å². The zero-order valence-electron chi connectivity index (χ0n) is 17.8. The largest absolute Gasteiger partial charge is 0.744 e. The first-order chi connectivity index (χ1) is 12.7. The number of quaternary nitrogens is 1. The molecule has 0 rings (SSSR count). The molecule has 0 fully saturated rings. The van der Waals surface area contributed by atoms with Crippen LogP contribution in [0, 0.1) is 0 Å². The zero-order chi connectivity index (χ0) is 20.6. The Kier molecular flexibility index (Phi) is 14.9. The first-order valence-electron chi connectivity index (χ1n) is 10.7. The van der Waals surface area contributed by atoms with E-state index in [4.69, 9.17) is 0 Å². The van der Waals surface area contributed by atoms with Crippen LogP contribution in [0.2, 0.25) is 0 Å². The molecule has 162 valence electrons. The molecular weight excluding hydrogens is 364 g/mol. The summed E-state index contributed by atoms with van der Waals surface area (Å²) in [5.74, 6) is -0.354. The summed E-state index contributed by atoms with van der Waals surface area (Å²) in [5, 5.41) is 2.88. The number of amides is 1. The van der Waals surface area contributed by atoms with Gasteiger partial charge >= 0.3 is 0 Å². The van der Waals surface area contributed by atoms with Crippen molar-refractivity contribution in [2.24, 2.45) is 0 Å². The minimum atomic E-state index is -4.23. The number of unbranched alkanes of at least 4 members (excludes halogenated alkanes) is 10. The number of rotatable bonds is 18. The maximum atomic E-state index is 11.8. The third kappa shape index (κ3) is 19.9. The molecule has 1 N–H and O–H groups in total. The van der Waals surface area contributed by atoms with Gasteiger partial charge in [0, 0.05) is 19.4 Å². The van der Waals surface area contributed by atoms with E-state index in [1.54, 1.807) is 14.1 Å². The molecule has 6 nitrogen and oxygen atoms in total. The van der Waals surface area contributed by atoms with Crippen LogP contribution in [0.15, 0.2) is 0 Å². The Morgan fingerprint density at radius 1 is 0.852 bits per heavy atom. The highest BCUT2D eigenvalue weighted by atomic mass is 32.2. The molecule has 0 aliphatic rings. The van der Waals surface area contributed by atoms with Crippen molar-refractivity contribution in [3.05, 3.63) is 0 Å². The second-order valence-electron chi connectivity index (χ2n) is 8.34. The zero-order valence-corrected chi connectivity index (χ0v) is 18.6. The van der Waals surface area contributed by atoms with Gasteiger partial charge in [-0.05, 0) is 6.42 Å². The summed E-state index contributed by atoms with van der Waals surface area (Å²) in [6.07, 6.45) is 15.1. The number of carbonyl (C=O) groups excluding carboxylic acids is 1. The van der Waals surface area contributed by atoms with E-state index in [0.29, 0.717) is 25.9 Å². The molecule has 7 heteroatoms. The monoisotopic (exact) mass is 406 g/mol. The second-order valence-corrected chi connectivity index (χ2v) is 9.71. The Labute approximate surface area is 167 Å². The average Bonchev–Trinajstić information content (AvgIpc) is 2.54. The van der Waals surface area contributed by atoms with Gasteiger partial charge in [0.05, 0.1) is 20.6 Å². The number of hydrogen-bond donors (Lipinski definition) is 1. The van der Waals surface area contributed by atoms with Gasteiger partial charge in [-0.2, -0.15) is 0 Å². The summed E-state index contributed by atoms with van der Waals surface area (Å²) in [7, 11) is -0.808. The first kappa shape index (κ1) is 26.3. The molecule has 1 amide bonds. The third-order valence-corrected chi connectivity index (χ3v) is 5.79. The molecule has 0 bridgehead atoms. The van der Waals surface area contributed by atoms with Crippen LogP contribution in [0.3, 0.4) is 0 Å². The van der Waals surface area contributed by atoms with E-state index in [0.717, 1.165) is 12.8 Å². The van der Waals surface area contributed by atoms with Crippen LogP contribution in [-0.4, -0.2) is 56.4 Å². The molecule has 0 saturated heterocycles. The van der Waals surface area contributed by atoms with Gasteiger partial charge < -0.3 is 14.4 Å². The van der Waals surface area contributed by atoms with Crippen LogP contribution in [0.1, 0.15) is 90.4 Å². The van der Waals surface area contributed by atoms with Crippen LogP contribution in [0.4, 0.5) is 0 Å². The van der Waals surface area contributed by atoms with Crippen LogP contribution >= 0.6 is 0 Å². The highest BCUT2D eigenvalue weighted by molar-refractivity contribution is 7.85. The lowest BCUT2D eigenvalue weighted by atomic mass is 10.1. The average molecular weight is 407 g/mol. The van der Waals surface area contributed by atoms with E-state index in [1.807, 2.05) is 0 Å². The molecule has 0 saturated carbocycles. The lowest BCUT2D eigenvalue weighted by Gasteiger charge is -2.30. The number of carbonyl (C=O) groups is 1. The van der Waals surface area contributed by atoms with Crippen molar-refractivity contribution in [2.75, 3.05) is 33.1 Å². The van der Waals surface area contributed by atoms with Gasteiger partial charge in [0.1, 0.15) is 10.1 Å². The van der Waals surface area contributed by atoms with Crippen molar-refractivity contribution in [1.82, 2.24) is 5.32 Å². The minimum absolute atomic E-state index is 0.0627. The highest BCUT2D eigenvalue weighted by Crippen LogP contribution is 2.11. The number of nitrogens with one attached hydrogen (secondary N) is 1. The summed E-state index contributed by atoms with van der Waals surface area (Å²) in [5.41, 5.74) is 0. The van der Waals surface area contributed by atoms with Gasteiger partial charge in [0.15, 0.2) is 5.88 Å². The summed E-state index contributed by atoms with van der Waals surface area (Å²) in [6.45, 7) is 3.31. The molecule has 0 atom stereocenters. The topological polar surface area (TPSA) is 86.3 Å². The fourth-order valence-corrected chi connectivity index (χ4v) is 4.25. The SMILES string of the molecule is CCCCCCCCCCCCCC(=O)NCCC[N+](C)(C)CS(=O)(=O)[O-]. The fourth-order valence-electron chi connectivity index (χ4n) is 3.27. The van der Waals surface area contributed by atoms with Gasteiger partial charge in [-0.15, -0.1) is 0 Å². The normalized spacial score (nSPS) is 12.3. The molecule has 0 aromatic heterocycles. The van der Waals surface area contributed by atoms with Gasteiger partial charge in [0.2, 0.25) is 5.91 Å². The van der Waals surface area contributed by atoms with Gasteiger partial charge in [-0.1, -0.05) is 71.1 Å². The van der Waals surface area contributed by atoms with E-state index in [9.17, 15) is 17.8 Å². The van der Waals surface area contributed by atoms with E-state index in [2.05, 4.69) is 12.2 Å². The Morgan fingerprint density at radius 3 is 1.81 bits per heavy atom. The molecular formula is C20H42N2O4S. The Morgan fingerprint density at radius 2 is 1.33 bits per heavy atom. The predicted octanol–water partition coefficient (Wildman–Crippen LogP) is 3.77. The van der Waals surface area contributed by atoms with Crippen LogP contribution in [0.25, 0.3) is 0 Å². The Bertz CT molecular complexity index is 478. The first-order valence-corrected chi connectivity index (χ1v) is 12.3. The van der Waals surface area contributed by atoms with Crippen molar-refractivity contribution < 1.29 is 22.2 Å².